The molecule has 0 radical (unpaired) electrons. The Morgan fingerprint density at radius 2 is 1.20 bits per heavy atom. The van der Waals surface area contributed by atoms with Crippen molar-refractivity contribution in [1.82, 2.24) is 0 Å². The van der Waals surface area contributed by atoms with Gasteiger partial charge in [0.1, 0.15) is 22.5 Å². The predicted octanol–water partition coefficient (Wildman–Crippen LogP) is 7.38. The van der Waals surface area contributed by atoms with Crippen molar-refractivity contribution < 1.29 is 43.6 Å². The zero-order valence-corrected chi connectivity index (χ0v) is 34.9. The Kier molecular flexibility index (Phi) is 24.8. The molecule has 0 bridgehead atoms. The average molecular weight is 823 g/mol. The van der Waals surface area contributed by atoms with Crippen LogP contribution in [0.25, 0.3) is 0 Å². The van der Waals surface area contributed by atoms with Crippen LogP contribution in [0.1, 0.15) is 116 Å². The molecule has 8 heteroatoms. The highest BCUT2D eigenvalue weighted by atomic mass is 127. The maximum Gasteiger partial charge on any atom is 0.357 e. The minimum Gasteiger partial charge on any atom is -0.744 e. The number of unbranched alkanes of at least 4 members (excludes halogenated alkanes) is 10. The Bertz CT molecular complexity index is 1290. The molecule has 0 amide bonds. The van der Waals surface area contributed by atoms with E-state index in [2.05, 4.69) is 68.4 Å². The zero-order valence-electron chi connectivity index (χ0n) is 30.6. The first-order valence-electron chi connectivity index (χ1n) is 18.8. The van der Waals surface area contributed by atoms with Gasteiger partial charge >= 0.3 is 21.2 Å². The minimum absolute atomic E-state index is 0.0217. The van der Waals surface area contributed by atoms with Crippen LogP contribution in [0.2, 0.25) is 11.6 Å². The molecule has 0 N–H and O–H groups in total. The predicted molar refractivity (Wildman–Crippen MR) is 203 cm³/mol. The number of halogens is 1. The van der Waals surface area contributed by atoms with Gasteiger partial charge in [-0.25, -0.2) is 8.42 Å². The fourth-order valence-corrected chi connectivity index (χ4v) is 10.6. The van der Waals surface area contributed by atoms with Gasteiger partial charge in [0.05, 0.1) is 11.5 Å². The normalized spacial score (nSPS) is 11.6. The van der Waals surface area contributed by atoms with Crippen LogP contribution in [0.3, 0.4) is 0 Å². The molecule has 0 saturated carbocycles. The van der Waals surface area contributed by atoms with Gasteiger partial charge in [-0.15, -0.1) is 0 Å². The van der Waals surface area contributed by atoms with Gasteiger partial charge in [0.15, 0.2) is 7.14 Å². The van der Waals surface area contributed by atoms with E-state index in [4.69, 9.17) is 9.47 Å². The van der Waals surface area contributed by atoms with Crippen molar-refractivity contribution in [3.8, 4) is 5.75 Å². The molecule has 0 fully saturated rings. The second kappa shape index (κ2) is 27.9. The molecule has 0 atom stereocenters. The molecule has 3 aromatic carbocycles. The highest BCUT2D eigenvalue weighted by molar-refractivity contribution is 7.85. The minimum atomic E-state index is -4.27. The maximum absolute atomic E-state index is 10.4. The fraction of sp³-hybridized carbons (Fsp3) is 0.561. The zero-order chi connectivity index (χ0) is 35.4. The van der Waals surface area contributed by atoms with Crippen molar-refractivity contribution in [3.63, 3.8) is 0 Å². The molecular weight excluding hydrogens is 760 g/mol. The molecule has 0 heterocycles. The monoisotopic (exact) mass is 822 g/mol. The summed E-state index contributed by atoms with van der Waals surface area (Å²) < 4.78 is 45.9. The smallest absolute Gasteiger partial charge is 0.357 e. The third-order valence-electron chi connectivity index (χ3n) is 8.65. The van der Waals surface area contributed by atoms with Crippen molar-refractivity contribution in [2.45, 2.75) is 134 Å². The van der Waals surface area contributed by atoms with Gasteiger partial charge in [0, 0.05) is 16.1 Å². The van der Waals surface area contributed by atoms with Crippen LogP contribution in [-0.4, -0.2) is 42.3 Å². The second-order valence-electron chi connectivity index (χ2n) is 13.0. The molecule has 0 unspecified atom stereocenters. The molecule has 3 aromatic rings. The molecule has 0 spiro atoms. The number of ether oxygens (including phenoxy) is 2. The van der Waals surface area contributed by atoms with Crippen molar-refractivity contribution >= 4 is 19.6 Å². The molecule has 5 nitrogen and oxygen atoms in total. The van der Waals surface area contributed by atoms with Gasteiger partial charge in [0.2, 0.25) is 0 Å². The summed E-state index contributed by atoms with van der Waals surface area (Å²) in [6, 6.07) is 26.7. The van der Waals surface area contributed by atoms with E-state index in [-0.39, 0.29) is 35.6 Å². The molecule has 3 rings (SSSR count). The molecule has 49 heavy (non-hydrogen) atoms. The third kappa shape index (κ3) is 22.7. The fourth-order valence-electron chi connectivity index (χ4n) is 5.72. The standard InChI is InChI=1S/C34H56IO2Si.C7H8O3S/c1-3-5-7-9-11-16-21-34(22-17-12-10-8-6-4-2)38-30-18-27-36-28-29-37-33-25-23-32(24-26-33)35-31-19-14-13-15-20-31;1-6-2-4-7(5-3-6)11(8,9)10/h13-15,19-20,23-26,34H,3-12,16-18,21-22,27-30,38H2,1-2H3;2-5H,1H3,(H,8,9,10)/q+1;/p-1. The van der Waals surface area contributed by atoms with E-state index in [1.54, 1.807) is 12.1 Å². The molecule has 0 aliphatic carbocycles. The highest BCUT2D eigenvalue weighted by Gasteiger charge is 2.14. The summed E-state index contributed by atoms with van der Waals surface area (Å²) in [7, 11) is -4.25. The lowest BCUT2D eigenvalue weighted by molar-refractivity contribution is -0.597. The lowest BCUT2D eigenvalue weighted by Crippen LogP contribution is -3.61. The molecule has 0 saturated heterocycles. The summed E-state index contributed by atoms with van der Waals surface area (Å²) in [6.07, 6.45) is 21.5. The van der Waals surface area contributed by atoms with E-state index in [0.717, 1.165) is 23.5 Å². The summed E-state index contributed by atoms with van der Waals surface area (Å²) in [5.41, 5.74) is 2.00. The molecular formula is C41H63IO5SSi. The van der Waals surface area contributed by atoms with Crippen LogP contribution >= 0.6 is 0 Å². The number of hydrogen-bond donors (Lipinski definition) is 0. The van der Waals surface area contributed by atoms with Gasteiger partial charge in [-0.2, -0.15) is 0 Å². The lowest BCUT2D eigenvalue weighted by Gasteiger charge is -2.16. The van der Waals surface area contributed by atoms with Gasteiger partial charge in [-0.3, -0.25) is 0 Å². The Hall–Kier alpha value is -1.72. The first kappa shape index (κ1) is 43.4. The Balaban J connectivity index is 0.000000639. The van der Waals surface area contributed by atoms with Crippen molar-refractivity contribution in [3.05, 3.63) is 91.6 Å². The number of benzene rings is 3. The summed E-state index contributed by atoms with van der Waals surface area (Å²) >= 11 is -0.107. The summed E-state index contributed by atoms with van der Waals surface area (Å²) in [5, 5.41) is 0. The maximum atomic E-state index is 10.4. The van der Waals surface area contributed by atoms with E-state index in [9.17, 15) is 13.0 Å². The molecule has 0 aromatic heterocycles. The van der Waals surface area contributed by atoms with Crippen LogP contribution in [-0.2, 0) is 14.9 Å². The van der Waals surface area contributed by atoms with Crippen molar-refractivity contribution in [2.24, 2.45) is 0 Å². The molecule has 0 aliphatic heterocycles. The van der Waals surface area contributed by atoms with Gasteiger partial charge in [-0.1, -0.05) is 151 Å². The van der Waals surface area contributed by atoms with E-state index < -0.39 is 10.1 Å². The van der Waals surface area contributed by atoms with Crippen molar-refractivity contribution in [1.29, 1.82) is 0 Å². The quantitative estimate of drug-likeness (QED) is 0.0366. The largest absolute Gasteiger partial charge is 0.744 e. The van der Waals surface area contributed by atoms with Crippen LogP contribution < -0.4 is 25.9 Å². The van der Waals surface area contributed by atoms with Crippen LogP contribution in [0.5, 0.6) is 5.75 Å². The van der Waals surface area contributed by atoms with Crippen LogP contribution in [0, 0.1) is 14.1 Å². The third-order valence-corrected chi connectivity index (χ3v) is 14.7. The summed E-state index contributed by atoms with van der Waals surface area (Å²) in [6.45, 7) is 8.68. The van der Waals surface area contributed by atoms with E-state index >= 15 is 0 Å². The SMILES string of the molecule is CCCCCCCCC(CCCCCCCC)[SiH2]CCCOCCOc1ccc([I+]c2ccccc2)cc1.Cc1ccc(S(=O)(=O)[O-])cc1. The van der Waals surface area contributed by atoms with Gasteiger partial charge in [-0.05, 0) is 61.9 Å². The highest BCUT2D eigenvalue weighted by Crippen LogP contribution is 2.24. The van der Waals surface area contributed by atoms with E-state index in [0.29, 0.717) is 13.2 Å². The van der Waals surface area contributed by atoms with E-state index in [1.165, 1.54) is 122 Å². The first-order valence-corrected chi connectivity index (χ1v) is 24.2. The Morgan fingerprint density at radius 3 is 1.78 bits per heavy atom. The Morgan fingerprint density at radius 1 is 0.653 bits per heavy atom. The lowest BCUT2D eigenvalue weighted by atomic mass is 10.0. The second-order valence-corrected chi connectivity index (χ2v) is 19.9. The van der Waals surface area contributed by atoms with Gasteiger partial charge in [0.25, 0.3) is 0 Å². The first-order chi connectivity index (χ1) is 23.8. The summed E-state index contributed by atoms with van der Waals surface area (Å²) in [5.74, 6) is 0.953. The summed E-state index contributed by atoms with van der Waals surface area (Å²) in [4.78, 5) is -0.178. The topological polar surface area (TPSA) is 75.7 Å². The van der Waals surface area contributed by atoms with Crippen molar-refractivity contribution in [2.75, 3.05) is 19.8 Å². The number of rotatable bonds is 26. The van der Waals surface area contributed by atoms with Crippen LogP contribution in [0.4, 0.5) is 0 Å². The Labute approximate surface area is 312 Å². The number of aryl methyl sites for hydroxylation is 1. The average Bonchev–Trinajstić information content (AvgIpc) is 3.10. The van der Waals surface area contributed by atoms with Crippen LogP contribution in [0.15, 0.2) is 83.8 Å². The van der Waals surface area contributed by atoms with E-state index in [1.807, 2.05) is 6.92 Å². The van der Waals surface area contributed by atoms with Gasteiger partial charge < -0.3 is 14.0 Å². The molecule has 0 aliphatic rings. The molecule has 274 valence electrons. The number of hydrogen-bond acceptors (Lipinski definition) is 5.